The van der Waals surface area contributed by atoms with E-state index in [2.05, 4.69) is 18.6 Å². The first kappa shape index (κ1) is 15.0. The first-order valence-corrected chi connectivity index (χ1v) is 8.59. The third-order valence-electron chi connectivity index (χ3n) is 2.93. The maximum absolute atomic E-state index is 12.2. The Morgan fingerprint density at radius 1 is 1.25 bits per heavy atom. The molecule has 6 heteroatoms. The molecule has 0 bridgehead atoms. The van der Waals surface area contributed by atoms with Gasteiger partial charge in [-0.05, 0) is 29.7 Å². The third-order valence-corrected chi connectivity index (χ3v) is 5.36. The van der Waals surface area contributed by atoms with E-state index in [1.165, 1.54) is 22.8 Å². The lowest BCUT2D eigenvalue weighted by atomic mass is 10.0. The van der Waals surface area contributed by atoms with Gasteiger partial charge in [0.05, 0.1) is 11.5 Å². The van der Waals surface area contributed by atoms with Crippen LogP contribution in [0.1, 0.15) is 30.2 Å². The summed E-state index contributed by atoms with van der Waals surface area (Å²) in [6.07, 6.45) is 0. The maximum atomic E-state index is 12.2. The Morgan fingerprint density at radius 3 is 2.40 bits per heavy atom. The summed E-state index contributed by atoms with van der Waals surface area (Å²) in [4.78, 5) is 0.806. The Balaban J connectivity index is 2.19. The minimum Gasteiger partial charge on any atom is -0.391 e. The molecule has 1 aromatic heterocycles. The topological polar surface area (TPSA) is 66.4 Å². The van der Waals surface area contributed by atoms with Gasteiger partial charge in [-0.1, -0.05) is 26.0 Å². The number of hydrogen-bond acceptors (Lipinski definition) is 4. The number of aliphatic hydroxyl groups excluding tert-OH is 1. The molecule has 1 heterocycles. The maximum Gasteiger partial charge on any atom is 0.262 e. The van der Waals surface area contributed by atoms with E-state index in [4.69, 9.17) is 5.11 Å². The van der Waals surface area contributed by atoms with E-state index in [0.717, 1.165) is 5.56 Å². The van der Waals surface area contributed by atoms with Crippen molar-refractivity contribution in [3.8, 4) is 0 Å². The fraction of sp³-hybridized carbons (Fsp3) is 0.286. The van der Waals surface area contributed by atoms with Crippen molar-refractivity contribution >= 4 is 27.0 Å². The number of hydrogen-bond donors (Lipinski definition) is 2. The van der Waals surface area contributed by atoms with E-state index in [1.807, 2.05) is 12.1 Å². The molecule has 20 heavy (non-hydrogen) atoms. The van der Waals surface area contributed by atoms with Gasteiger partial charge in [0.15, 0.2) is 0 Å². The molecule has 0 aliphatic carbocycles. The molecule has 2 rings (SSSR count). The Labute approximate surface area is 123 Å². The van der Waals surface area contributed by atoms with E-state index < -0.39 is 10.0 Å². The molecule has 2 aromatic rings. The van der Waals surface area contributed by atoms with Crippen molar-refractivity contribution in [1.29, 1.82) is 0 Å². The summed E-state index contributed by atoms with van der Waals surface area (Å²) in [6.45, 7) is 4.02. The standard InChI is InChI=1S/C14H17NO3S2/c1-10(2)11-3-5-12(6-4-11)15-20(17,18)14-7-13(8-16)19-9-14/h3-7,9-10,15-16H,8H2,1-2H3. The molecule has 0 amide bonds. The summed E-state index contributed by atoms with van der Waals surface area (Å²) in [7, 11) is -3.59. The van der Waals surface area contributed by atoms with Crippen LogP contribution < -0.4 is 4.72 Å². The Hall–Kier alpha value is -1.37. The molecule has 2 N–H and O–H groups in total. The molecular weight excluding hydrogens is 294 g/mol. The van der Waals surface area contributed by atoms with E-state index in [-0.39, 0.29) is 11.5 Å². The number of thiophene rings is 1. The average Bonchev–Trinajstić information content (AvgIpc) is 2.88. The van der Waals surface area contributed by atoms with Crippen molar-refractivity contribution in [2.45, 2.75) is 31.3 Å². The Morgan fingerprint density at radius 2 is 1.90 bits per heavy atom. The molecule has 1 aromatic carbocycles. The van der Waals surface area contributed by atoms with Crippen LogP contribution in [0.5, 0.6) is 0 Å². The minimum absolute atomic E-state index is 0.150. The number of rotatable bonds is 5. The van der Waals surface area contributed by atoms with Crippen LogP contribution in [0.25, 0.3) is 0 Å². The van der Waals surface area contributed by atoms with Crippen molar-refractivity contribution in [2.75, 3.05) is 4.72 Å². The summed E-state index contributed by atoms with van der Waals surface area (Å²) in [6, 6.07) is 8.82. The highest BCUT2D eigenvalue weighted by Gasteiger charge is 2.16. The van der Waals surface area contributed by atoms with Crippen LogP contribution in [0.15, 0.2) is 40.6 Å². The summed E-state index contributed by atoms with van der Waals surface area (Å²) in [5.41, 5.74) is 1.69. The van der Waals surface area contributed by atoms with Gasteiger partial charge >= 0.3 is 0 Å². The highest BCUT2D eigenvalue weighted by molar-refractivity contribution is 7.92. The van der Waals surface area contributed by atoms with Gasteiger partial charge < -0.3 is 5.11 Å². The lowest BCUT2D eigenvalue weighted by molar-refractivity contribution is 0.285. The van der Waals surface area contributed by atoms with Gasteiger partial charge in [-0.2, -0.15) is 0 Å². The van der Waals surface area contributed by atoms with Crippen LogP contribution in [0.4, 0.5) is 5.69 Å². The van der Waals surface area contributed by atoms with Crippen molar-refractivity contribution < 1.29 is 13.5 Å². The van der Waals surface area contributed by atoms with E-state index in [0.29, 0.717) is 16.5 Å². The SMILES string of the molecule is CC(C)c1ccc(NS(=O)(=O)c2csc(CO)c2)cc1. The number of sulfonamides is 1. The quantitative estimate of drug-likeness (QED) is 0.891. The number of benzene rings is 1. The molecule has 0 saturated heterocycles. The second kappa shape index (κ2) is 5.95. The Kier molecular flexibility index (Phi) is 4.47. The summed E-state index contributed by atoms with van der Waals surface area (Å²) in [5.74, 6) is 0.407. The van der Waals surface area contributed by atoms with Crippen LogP contribution in [0.2, 0.25) is 0 Å². The van der Waals surface area contributed by atoms with Gasteiger partial charge in [0, 0.05) is 15.9 Å². The van der Waals surface area contributed by atoms with Crippen LogP contribution in [0.3, 0.4) is 0 Å². The highest BCUT2D eigenvalue weighted by atomic mass is 32.2. The van der Waals surface area contributed by atoms with Crippen molar-refractivity contribution in [3.63, 3.8) is 0 Å². The molecule has 0 atom stereocenters. The summed E-state index contributed by atoms with van der Waals surface area (Å²) < 4.78 is 26.9. The minimum atomic E-state index is -3.59. The third kappa shape index (κ3) is 3.39. The van der Waals surface area contributed by atoms with Gasteiger partial charge in [0.25, 0.3) is 10.0 Å². The first-order chi connectivity index (χ1) is 9.42. The molecule has 0 unspecified atom stereocenters. The highest BCUT2D eigenvalue weighted by Crippen LogP contribution is 2.23. The first-order valence-electron chi connectivity index (χ1n) is 6.23. The second-order valence-corrected chi connectivity index (χ2v) is 7.47. The van der Waals surface area contributed by atoms with E-state index in [9.17, 15) is 8.42 Å². The molecule has 0 radical (unpaired) electrons. The van der Waals surface area contributed by atoms with Crippen LogP contribution in [-0.2, 0) is 16.6 Å². The monoisotopic (exact) mass is 311 g/mol. The zero-order valence-electron chi connectivity index (χ0n) is 11.3. The zero-order chi connectivity index (χ0) is 14.8. The molecule has 108 valence electrons. The van der Waals surface area contributed by atoms with Crippen LogP contribution >= 0.6 is 11.3 Å². The predicted octanol–water partition coefficient (Wildman–Crippen LogP) is 3.16. The van der Waals surface area contributed by atoms with Gasteiger partial charge in [-0.25, -0.2) is 8.42 Å². The molecule has 0 saturated carbocycles. The predicted molar refractivity (Wildman–Crippen MR) is 81.6 cm³/mol. The largest absolute Gasteiger partial charge is 0.391 e. The molecule has 0 fully saturated rings. The van der Waals surface area contributed by atoms with Gasteiger partial charge in [-0.15, -0.1) is 11.3 Å². The van der Waals surface area contributed by atoms with Gasteiger partial charge in [-0.3, -0.25) is 4.72 Å². The summed E-state index contributed by atoms with van der Waals surface area (Å²) in [5, 5.41) is 10.5. The fourth-order valence-electron chi connectivity index (χ4n) is 1.73. The lowest BCUT2D eigenvalue weighted by Gasteiger charge is -2.09. The fourth-order valence-corrected chi connectivity index (χ4v) is 3.93. The molecular formula is C14H17NO3S2. The van der Waals surface area contributed by atoms with Crippen LogP contribution in [-0.4, -0.2) is 13.5 Å². The smallest absolute Gasteiger partial charge is 0.262 e. The molecule has 4 nitrogen and oxygen atoms in total. The van der Waals surface area contributed by atoms with Crippen molar-refractivity contribution in [3.05, 3.63) is 46.2 Å². The van der Waals surface area contributed by atoms with Gasteiger partial charge in [0.1, 0.15) is 0 Å². The normalized spacial score (nSPS) is 11.8. The van der Waals surface area contributed by atoms with Crippen molar-refractivity contribution in [2.24, 2.45) is 0 Å². The van der Waals surface area contributed by atoms with Crippen molar-refractivity contribution in [1.82, 2.24) is 0 Å². The van der Waals surface area contributed by atoms with E-state index >= 15 is 0 Å². The Bertz CT molecular complexity index is 673. The molecule has 0 spiro atoms. The van der Waals surface area contributed by atoms with E-state index in [1.54, 1.807) is 12.1 Å². The number of nitrogens with one attached hydrogen (secondary N) is 1. The second-order valence-electron chi connectivity index (χ2n) is 4.79. The lowest BCUT2D eigenvalue weighted by Crippen LogP contribution is -2.12. The molecule has 0 aliphatic rings. The number of aliphatic hydroxyl groups is 1. The van der Waals surface area contributed by atoms with Crippen LogP contribution in [0, 0.1) is 0 Å². The van der Waals surface area contributed by atoms with Gasteiger partial charge in [0.2, 0.25) is 0 Å². The number of anilines is 1. The zero-order valence-corrected chi connectivity index (χ0v) is 13.0. The summed E-state index contributed by atoms with van der Waals surface area (Å²) >= 11 is 1.22. The average molecular weight is 311 g/mol. The molecule has 0 aliphatic heterocycles.